The SMILES string of the molecule is CCC(C)N1C(=O)c2ccc(C(=O)OCC(=O)Nc3c(C(C)C)cccc3C(C)C)cc2C1=O. The summed E-state index contributed by atoms with van der Waals surface area (Å²) in [5, 5.41) is 2.91. The molecule has 0 aromatic heterocycles. The van der Waals surface area contributed by atoms with Gasteiger partial charge in [-0.2, -0.15) is 0 Å². The zero-order valence-electron chi connectivity index (χ0n) is 20.6. The van der Waals surface area contributed by atoms with Gasteiger partial charge in [-0.3, -0.25) is 19.3 Å². The highest BCUT2D eigenvalue weighted by atomic mass is 16.5. The molecule has 0 fully saturated rings. The fourth-order valence-electron chi connectivity index (χ4n) is 4.05. The molecule has 0 bridgehead atoms. The number of rotatable bonds is 8. The average Bonchev–Trinajstić information content (AvgIpc) is 3.06. The highest BCUT2D eigenvalue weighted by Crippen LogP contribution is 2.32. The zero-order chi connectivity index (χ0) is 25.2. The van der Waals surface area contributed by atoms with Gasteiger partial charge in [-0.25, -0.2) is 4.79 Å². The monoisotopic (exact) mass is 464 g/mol. The highest BCUT2D eigenvalue weighted by molar-refractivity contribution is 6.22. The summed E-state index contributed by atoms with van der Waals surface area (Å²) in [6, 6.07) is 9.95. The van der Waals surface area contributed by atoms with Crippen LogP contribution < -0.4 is 5.32 Å². The number of hydrogen-bond acceptors (Lipinski definition) is 5. The molecule has 0 spiro atoms. The first-order valence-corrected chi connectivity index (χ1v) is 11.7. The summed E-state index contributed by atoms with van der Waals surface area (Å²) < 4.78 is 5.22. The third-order valence-corrected chi connectivity index (χ3v) is 6.16. The lowest BCUT2D eigenvalue weighted by molar-refractivity contribution is -0.119. The first-order valence-electron chi connectivity index (χ1n) is 11.7. The molecule has 34 heavy (non-hydrogen) atoms. The van der Waals surface area contributed by atoms with E-state index in [4.69, 9.17) is 4.74 Å². The lowest BCUT2D eigenvalue weighted by Crippen LogP contribution is -2.37. The summed E-state index contributed by atoms with van der Waals surface area (Å²) in [4.78, 5) is 51.7. The number of imide groups is 1. The largest absolute Gasteiger partial charge is 0.452 e. The van der Waals surface area contributed by atoms with Crippen molar-refractivity contribution in [3.05, 3.63) is 64.2 Å². The second kappa shape index (κ2) is 10.2. The predicted molar refractivity (Wildman–Crippen MR) is 130 cm³/mol. The smallest absolute Gasteiger partial charge is 0.338 e. The van der Waals surface area contributed by atoms with Gasteiger partial charge < -0.3 is 10.1 Å². The fourth-order valence-corrected chi connectivity index (χ4v) is 4.05. The number of carbonyl (C=O) groups is 4. The van der Waals surface area contributed by atoms with Gasteiger partial charge in [-0.15, -0.1) is 0 Å². The third-order valence-electron chi connectivity index (χ3n) is 6.16. The van der Waals surface area contributed by atoms with Crippen molar-refractivity contribution in [2.75, 3.05) is 11.9 Å². The van der Waals surface area contributed by atoms with E-state index in [1.165, 1.54) is 23.1 Å². The van der Waals surface area contributed by atoms with Crippen LogP contribution in [0.4, 0.5) is 5.69 Å². The Morgan fingerprint density at radius 2 is 1.50 bits per heavy atom. The molecule has 180 valence electrons. The molecule has 1 aliphatic heterocycles. The standard InChI is InChI=1S/C27H32N2O5/c1-7-17(6)29-25(31)21-12-11-18(13-22(21)26(29)32)27(33)34-14-23(30)28-24-19(15(2)3)9-8-10-20(24)16(4)5/h8-13,15-17H,7,14H2,1-6H3,(H,28,30). The van der Waals surface area contributed by atoms with E-state index in [0.717, 1.165) is 16.8 Å². The van der Waals surface area contributed by atoms with Crippen LogP contribution in [0.15, 0.2) is 36.4 Å². The quantitative estimate of drug-likeness (QED) is 0.432. The lowest BCUT2D eigenvalue weighted by Gasteiger charge is -2.20. The molecule has 7 nitrogen and oxygen atoms in total. The van der Waals surface area contributed by atoms with Gasteiger partial charge in [-0.1, -0.05) is 52.8 Å². The molecular weight excluding hydrogens is 432 g/mol. The number of nitrogens with one attached hydrogen (secondary N) is 1. The van der Waals surface area contributed by atoms with Crippen LogP contribution >= 0.6 is 0 Å². The van der Waals surface area contributed by atoms with Crippen molar-refractivity contribution in [1.29, 1.82) is 0 Å². The number of esters is 1. The summed E-state index contributed by atoms with van der Waals surface area (Å²) >= 11 is 0. The topological polar surface area (TPSA) is 92.8 Å². The molecule has 0 aliphatic carbocycles. The Bertz CT molecular complexity index is 1110. The van der Waals surface area contributed by atoms with Crippen molar-refractivity contribution < 1.29 is 23.9 Å². The maximum absolute atomic E-state index is 12.7. The van der Waals surface area contributed by atoms with Crippen molar-refractivity contribution >= 4 is 29.4 Å². The first kappa shape index (κ1) is 25.1. The molecule has 3 amide bonds. The van der Waals surface area contributed by atoms with Crippen LogP contribution in [-0.4, -0.2) is 41.2 Å². The molecule has 7 heteroatoms. The second-order valence-electron chi connectivity index (χ2n) is 9.24. The number of anilines is 1. The van der Waals surface area contributed by atoms with E-state index in [0.29, 0.717) is 6.42 Å². The number of carbonyl (C=O) groups excluding carboxylic acids is 4. The molecule has 1 aliphatic rings. The Kier molecular flexibility index (Phi) is 7.54. The molecule has 0 saturated heterocycles. The van der Waals surface area contributed by atoms with E-state index in [1.807, 2.05) is 25.1 Å². The van der Waals surface area contributed by atoms with Gasteiger partial charge >= 0.3 is 5.97 Å². The number of ether oxygens (including phenoxy) is 1. The number of fused-ring (bicyclic) bond motifs is 1. The van der Waals surface area contributed by atoms with Gasteiger partial charge in [0.1, 0.15) is 0 Å². The number of para-hydroxylation sites is 1. The molecule has 1 heterocycles. The number of benzene rings is 2. The highest BCUT2D eigenvalue weighted by Gasteiger charge is 2.38. The summed E-state index contributed by atoms with van der Waals surface area (Å²) in [5.74, 6) is -1.55. The zero-order valence-corrected chi connectivity index (χ0v) is 20.6. The minimum absolute atomic E-state index is 0.115. The molecule has 2 aromatic rings. The lowest BCUT2D eigenvalue weighted by atomic mass is 9.92. The molecular formula is C27H32N2O5. The molecule has 0 saturated carbocycles. The van der Waals surface area contributed by atoms with Gasteiger partial charge in [0, 0.05) is 11.7 Å². The van der Waals surface area contributed by atoms with Crippen molar-refractivity contribution in [3.8, 4) is 0 Å². The van der Waals surface area contributed by atoms with E-state index >= 15 is 0 Å². The Morgan fingerprint density at radius 3 is 2.06 bits per heavy atom. The van der Waals surface area contributed by atoms with Gasteiger partial charge in [0.25, 0.3) is 17.7 Å². The molecule has 0 radical (unpaired) electrons. The van der Waals surface area contributed by atoms with E-state index in [-0.39, 0.29) is 40.5 Å². The van der Waals surface area contributed by atoms with E-state index in [9.17, 15) is 19.2 Å². The molecule has 1 unspecified atom stereocenters. The molecule has 3 rings (SSSR count). The first-order chi connectivity index (χ1) is 16.1. The van der Waals surface area contributed by atoms with Crippen molar-refractivity contribution in [2.45, 2.75) is 65.8 Å². The number of amides is 3. The van der Waals surface area contributed by atoms with Gasteiger partial charge in [-0.05, 0) is 54.5 Å². The summed E-state index contributed by atoms with van der Waals surface area (Å²) in [7, 11) is 0. The van der Waals surface area contributed by atoms with Crippen LogP contribution in [0.25, 0.3) is 0 Å². The van der Waals surface area contributed by atoms with E-state index in [1.54, 1.807) is 6.92 Å². The van der Waals surface area contributed by atoms with Crippen LogP contribution in [0.5, 0.6) is 0 Å². The minimum Gasteiger partial charge on any atom is -0.452 e. The average molecular weight is 465 g/mol. The van der Waals surface area contributed by atoms with Crippen molar-refractivity contribution in [1.82, 2.24) is 4.90 Å². The van der Waals surface area contributed by atoms with E-state index < -0.39 is 24.4 Å². The Labute approximate surface area is 200 Å². The van der Waals surface area contributed by atoms with Crippen LogP contribution in [0.3, 0.4) is 0 Å². The van der Waals surface area contributed by atoms with Crippen LogP contribution in [-0.2, 0) is 9.53 Å². The van der Waals surface area contributed by atoms with Crippen molar-refractivity contribution in [2.24, 2.45) is 0 Å². The predicted octanol–water partition coefficient (Wildman–Crippen LogP) is 5.12. The van der Waals surface area contributed by atoms with Crippen molar-refractivity contribution in [3.63, 3.8) is 0 Å². The summed E-state index contributed by atoms with van der Waals surface area (Å²) in [5.41, 5.74) is 3.34. The maximum Gasteiger partial charge on any atom is 0.338 e. The Morgan fingerprint density at radius 1 is 0.912 bits per heavy atom. The Hall–Kier alpha value is -3.48. The normalized spacial score (nSPS) is 13.9. The fraction of sp³-hybridized carbons (Fsp3) is 0.407. The van der Waals surface area contributed by atoms with E-state index in [2.05, 4.69) is 33.0 Å². The van der Waals surface area contributed by atoms with Crippen LogP contribution in [0, 0.1) is 0 Å². The third kappa shape index (κ3) is 4.88. The Balaban J connectivity index is 1.72. The van der Waals surface area contributed by atoms with Gasteiger partial charge in [0.05, 0.1) is 16.7 Å². The maximum atomic E-state index is 12.7. The number of nitrogens with zero attached hydrogens (tertiary/aromatic N) is 1. The second-order valence-corrected chi connectivity index (χ2v) is 9.24. The molecule has 2 aromatic carbocycles. The van der Waals surface area contributed by atoms with Gasteiger partial charge in [0.2, 0.25) is 0 Å². The number of hydrogen-bond donors (Lipinski definition) is 1. The minimum atomic E-state index is -0.735. The summed E-state index contributed by atoms with van der Waals surface area (Å²) in [6.07, 6.45) is 0.633. The van der Waals surface area contributed by atoms with Gasteiger partial charge in [0.15, 0.2) is 6.61 Å². The van der Waals surface area contributed by atoms with Crippen LogP contribution in [0.2, 0.25) is 0 Å². The van der Waals surface area contributed by atoms with Crippen LogP contribution in [0.1, 0.15) is 102 Å². The molecule has 1 atom stereocenters. The molecule has 1 N–H and O–H groups in total. The summed E-state index contributed by atoms with van der Waals surface area (Å²) in [6.45, 7) is 11.4.